The highest BCUT2D eigenvalue weighted by atomic mass is 35.5. The number of halogens is 1. The number of benzene rings is 2. The number of aromatic nitrogens is 5. The lowest BCUT2D eigenvalue weighted by Crippen LogP contribution is -1.92. The fourth-order valence-corrected chi connectivity index (χ4v) is 4.11. The van der Waals surface area contributed by atoms with Gasteiger partial charge in [0, 0.05) is 17.1 Å². The van der Waals surface area contributed by atoms with Gasteiger partial charge in [0.2, 0.25) is 4.96 Å². The van der Waals surface area contributed by atoms with Gasteiger partial charge in [-0.15, -0.1) is 10.2 Å². The molecule has 0 aliphatic carbocycles. The molecule has 0 unspecified atom stereocenters. The Kier molecular flexibility index (Phi) is 3.77. The van der Waals surface area contributed by atoms with E-state index in [-0.39, 0.29) is 0 Å². The van der Waals surface area contributed by atoms with Gasteiger partial charge in [-0.1, -0.05) is 53.3 Å². The lowest BCUT2D eigenvalue weighted by molar-refractivity contribution is 0.415. The second-order valence-electron chi connectivity index (χ2n) is 5.86. The molecule has 2 aromatic carbocycles. The van der Waals surface area contributed by atoms with Crippen molar-refractivity contribution in [3.8, 4) is 27.7 Å². The van der Waals surface area contributed by atoms with E-state index in [1.54, 1.807) is 17.8 Å². The smallest absolute Gasteiger partial charge is 0.235 e. The van der Waals surface area contributed by atoms with E-state index in [4.69, 9.17) is 16.3 Å². The van der Waals surface area contributed by atoms with E-state index in [9.17, 15) is 0 Å². The summed E-state index contributed by atoms with van der Waals surface area (Å²) in [4.78, 5) is 5.21. The van der Waals surface area contributed by atoms with E-state index in [1.807, 2.05) is 48.5 Å². The number of rotatable bonds is 3. The monoisotopic (exact) mass is 393 g/mol. The van der Waals surface area contributed by atoms with Gasteiger partial charge in [-0.05, 0) is 18.2 Å². The molecule has 0 amide bonds. The van der Waals surface area contributed by atoms with Crippen LogP contribution in [0, 0.1) is 0 Å². The van der Waals surface area contributed by atoms with Crippen molar-refractivity contribution < 1.29 is 4.74 Å². The maximum Gasteiger partial charge on any atom is 0.235 e. The minimum Gasteiger partial charge on any atom is -0.497 e. The summed E-state index contributed by atoms with van der Waals surface area (Å²) in [5, 5.41) is 15.3. The van der Waals surface area contributed by atoms with Crippen LogP contribution in [0.3, 0.4) is 0 Å². The van der Waals surface area contributed by atoms with Crippen LogP contribution in [-0.2, 0) is 0 Å². The number of hydrogen-bond donors (Lipinski definition) is 0. The number of fused-ring (bicyclic) bond motifs is 2. The third kappa shape index (κ3) is 2.63. The van der Waals surface area contributed by atoms with Gasteiger partial charge in [-0.3, -0.25) is 4.98 Å². The molecule has 8 heteroatoms. The normalized spacial score (nSPS) is 11.3. The fraction of sp³-hybridized carbons (Fsp3) is 0.0526. The predicted octanol–water partition coefficient (Wildman–Crippen LogP) is 4.73. The topological polar surface area (TPSA) is 65.2 Å². The summed E-state index contributed by atoms with van der Waals surface area (Å²) in [6.07, 6.45) is 1.74. The molecular weight excluding hydrogens is 382 g/mol. The van der Waals surface area contributed by atoms with Crippen molar-refractivity contribution in [3.63, 3.8) is 0 Å². The first-order valence-corrected chi connectivity index (χ1v) is 9.34. The lowest BCUT2D eigenvalue weighted by Gasteiger charge is -2.06. The third-order valence-electron chi connectivity index (χ3n) is 4.26. The molecule has 0 fully saturated rings. The van der Waals surface area contributed by atoms with Crippen LogP contribution in [-0.4, -0.2) is 31.9 Å². The summed E-state index contributed by atoms with van der Waals surface area (Å²) in [6, 6.07) is 15.5. The van der Waals surface area contributed by atoms with Crippen LogP contribution >= 0.6 is 22.9 Å². The van der Waals surface area contributed by atoms with E-state index >= 15 is 0 Å². The first kappa shape index (κ1) is 16.2. The Balaban J connectivity index is 1.67. The summed E-state index contributed by atoms with van der Waals surface area (Å²) in [5.41, 5.74) is 2.51. The quantitative estimate of drug-likeness (QED) is 0.443. The third-order valence-corrected chi connectivity index (χ3v) is 5.60. The van der Waals surface area contributed by atoms with Gasteiger partial charge in [0.25, 0.3) is 0 Å². The Morgan fingerprint density at radius 2 is 1.93 bits per heavy atom. The van der Waals surface area contributed by atoms with Crippen molar-refractivity contribution in [1.29, 1.82) is 0 Å². The molecule has 27 heavy (non-hydrogen) atoms. The average molecular weight is 394 g/mol. The molecule has 3 aromatic heterocycles. The molecule has 3 heterocycles. The Bertz CT molecular complexity index is 1280. The Morgan fingerprint density at radius 3 is 2.74 bits per heavy atom. The maximum atomic E-state index is 6.68. The number of nitrogens with zero attached hydrogens (tertiary/aromatic N) is 5. The van der Waals surface area contributed by atoms with E-state index in [1.165, 1.54) is 11.3 Å². The van der Waals surface area contributed by atoms with Gasteiger partial charge in [0.15, 0.2) is 10.8 Å². The van der Waals surface area contributed by atoms with E-state index in [0.29, 0.717) is 15.8 Å². The molecule has 0 N–H and O–H groups in total. The van der Waals surface area contributed by atoms with Crippen LogP contribution in [0.5, 0.6) is 5.75 Å². The van der Waals surface area contributed by atoms with Crippen molar-refractivity contribution in [2.45, 2.75) is 0 Å². The standard InChI is InChI=1S/C19H12ClN5OS/c1-26-12-7-8-15-13(9-12)16(20)14(10-21-15)18-24-25-17(22-23-19(25)27-18)11-5-3-2-4-6-11/h2-10H,1H3. The van der Waals surface area contributed by atoms with Crippen molar-refractivity contribution in [3.05, 3.63) is 59.8 Å². The molecule has 132 valence electrons. The van der Waals surface area contributed by atoms with Gasteiger partial charge in [0.1, 0.15) is 5.75 Å². The molecule has 0 aliphatic heterocycles. The zero-order valence-corrected chi connectivity index (χ0v) is 15.7. The van der Waals surface area contributed by atoms with Crippen LogP contribution in [0.1, 0.15) is 0 Å². The molecule has 0 bridgehead atoms. The number of pyridine rings is 1. The first-order valence-electron chi connectivity index (χ1n) is 8.15. The highest BCUT2D eigenvalue weighted by Gasteiger charge is 2.17. The molecule has 5 rings (SSSR count). The van der Waals surface area contributed by atoms with Crippen LogP contribution in [0.25, 0.3) is 37.8 Å². The lowest BCUT2D eigenvalue weighted by atomic mass is 10.1. The minimum atomic E-state index is 0.588. The molecule has 0 spiro atoms. The van der Waals surface area contributed by atoms with Gasteiger partial charge in [0.05, 0.1) is 23.2 Å². The SMILES string of the molecule is COc1ccc2ncc(-c3nn4c(-c5ccccc5)nnc4s3)c(Cl)c2c1. The van der Waals surface area contributed by atoms with Crippen molar-refractivity contribution >= 4 is 38.8 Å². The summed E-state index contributed by atoms with van der Waals surface area (Å²) in [5.74, 6) is 1.42. The number of hydrogen-bond acceptors (Lipinski definition) is 6. The van der Waals surface area contributed by atoms with Crippen molar-refractivity contribution in [2.24, 2.45) is 0 Å². The summed E-state index contributed by atoms with van der Waals surface area (Å²) >= 11 is 8.10. The van der Waals surface area contributed by atoms with E-state index in [0.717, 1.165) is 32.8 Å². The fourth-order valence-electron chi connectivity index (χ4n) is 2.91. The van der Waals surface area contributed by atoms with Crippen LogP contribution in [0.15, 0.2) is 54.7 Å². The highest BCUT2D eigenvalue weighted by molar-refractivity contribution is 7.19. The molecule has 0 atom stereocenters. The van der Waals surface area contributed by atoms with Crippen molar-refractivity contribution in [1.82, 2.24) is 24.8 Å². The largest absolute Gasteiger partial charge is 0.497 e. The molecule has 5 aromatic rings. The minimum absolute atomic E-state index is 0.588. The van der Waals surface area contributed by atoms with Gasteiger partial charge < -0.3 is 4.74 Å². The van der Waals surface area contributed by atoms with E-state index < -0.39 is 0 Å². The van der Waals surface area contributed by atoms with E-state index in [2.05, 4.69) is 20.3 Å². The Labute approximate surface area is 163 Å². The van der Waals surface area contributed by atoms with Crippen LogP contribution in [0.4, 0.5) is 0 Å². The molecule has 0 radical (unpaired) electrons. The number of ether oxygens (including phenoxy) is 1. The van der Waals surface area contributed by atoms with Crippen LogP contribution < -0.4 is 4.74 Å². The summed E-state index contributed by atoms with van der Waals surface area (Å²) in [7, 11) is 1.63. The maximum absolute atomic E-state index is 6.68. The highest BCUT2D eigenvalue weighted by Crippen LogP contribution is 2.37. The zero-order valence-electron chi connectivity index (χ0n) is 14.1. The molecule has 0 aliphatic rings. The second kappa shape index (κ2) is 6.29. The summed E-state index contributed by atoms with van der Waals surface area (Å²) in [6.45, 7) is 0. The second-order valence-corrected chi connectivity index (χ2v) is 7.19. The Morgan fingerprint density at radius 1 is 1.07 bits per heavy atom. The van der Waals surface area contributed by atoms with Gasteiger partial charge in [-0.2, -0.15) is 9.61 Å². The molecular formula is C19H12ClN5OS. The zero-order chi connectivity index (χ0) is 18.4. The van der Waals surface area contributed by atoms with Crippen LogP contribution in [0.2, 0.25) is 5.02 Å². The number of methoxy groups -OCH3 is 1. The molecule has 0 saturated heterocycles. The van der Waals surface area contributed by atoms with Gasteiger partial charge >= 0.3 is 0 Å². The predicted molar refractivity (Wildman–Crippen MR) is 106 cm³/mol. The Hall–Kier alpha value is -3.03. The first-order chi connectivity index (χ1) is 13.2. The van der Waals surface area contributed by atoms with Gasteiger partial charge in [-0.25, -0.2) is 0 Å². The molecule has 0 saturated carbocycles. The van der Waals surface area contributed by atoms with Crippen molar-refractivity contribution in [2.75, 3.05) is 7.11 Å². The summed E-state index contributed by atoms with van der Waals surface area (Å²) < 4.78 is 7.04. The average Bonchev–Trinajstić information content (AvgIpc) is 3.29. The molecule has 6 nitrogen and oxygen atoms in total.